The van der Waals surface area contributed by atoms with Crippen LogP contribution < -0.4 is 5.73 Å². The van der Waals surface area contributed by atoms with Crippen molar-refractivity contribution < 1.29 is 9.59 Å². The molecule has 1 aromatic heterocycles. The second kappa shape index (κ2) is 7.54. The first kappa shape index (κ1) is 18.9. The summed E-state index contributed by atoms with van der Waals surface area (Å²) >= 11 is 0. The van der Waals surface area contributed by atoms with Gasteiger partial charge in [-0.1, -0.05) is 12.1 Å². The number of likely N-dealkylation sites (N-methyl/N-ethyl adjacent to an activating group) is 1. The van der Waals surface area contributed by atoms with Crippen LogP contribution in [0.3, 0.4) is 0 Å². The Morgan fingerprint density at radius 2 is 1.96 bits per heavy atom. The number of primary amides is 1. The molecule has 2 saturated heterocycles. The molecule has 28 heavy (non-hydrogen) atoms. The van der Waals surface area contributed by atoms with Gasteiger partial charge < -0.3 is 15.6 Å². The Morgan fingerprint density at radius 1 is 1.21 bits per heavy atom. The van der Waals surface area contributed by atoms with Gasteiger partial charge in [0, 0.05) is 25.9 Å². The molecule has 4 rings (SSSR count). The third kappa shape index (κ3) is 3.51. The molecule has 2 aromatic rings. The molecule has 3 N–H and O–H groups in total. The zero-order chi connectivity index (χ0) is 19.7. The van der Waals surface area contributed by atoms with E-state index >= 15 is 0 Å². The van der Waals surface area contributed by atoms with Crippen molar-refractivity contribution in [2.24, 2.45) is 11.1 Å². The molecular weight excluding hydrogens is 354 g/mol. The number of nitrogens with one attached hydrogen (secondary N) is 1. The van der Waals surface area contributed by atoms with Crippen LogP contribution in [-0.2, 0) is 16.0 Å². The molecule has 150 valence electrons. The van der Waals surface area contributed by atoms with Gasteiger partial charge in [0.1, 0.15) is 5.82 Å². The van der Waals surface area contributed by atoms with Gasteiger partial charge >= 0.3 is 0 Å². The number of aromatic amines is 1. The normalized spacial score (nSPS) is 22.6. The number of rotatable bonds is 4. The summed E-state index contributed by atoms with van der Waals surface area (Å²) < 4.78 is 0. The highest BCUT2D eigenvalue weighted by molar-refractivity contribution is 5.81. The number of nitrogens with zero attached hydrogens (tertiary/aromatic N) is 3. The number of aryl methyl sites for hydroxylation is 1. The summed E-state index contributed by atoms with van der Waals surface area (Å²) in [5, 5.41) is 0. The highest BCUT2D eigenvalue weighted by Crippen LogP contribution is 2.44. The molecule has 1 aromatic carbocycles. The smallest absolute Gasteiger partial charge is 0.235 e. The minimum absolute atomic E-state index is 0.0751. The van der Waals surface area contributed by atoms with Crippen LogP contribution in [0.25, 0.3) is 11.0 Å². The molecule has 0 radical (unpaired) electrons. The number of benzene rings is 1. The lowest BCUT2D eigenvalue weighted by Gasteiger charge is -2.51. The molecule has 2 fully saturated rings. The Morgan fingerprint density at radius 3 is 2.68 bits per heavy atom. The van der Waals surface area contributed by atoms with Gasteiger partial charge in [-0.15, -0.1) is 0 Å². The molecule has 3 heterocycles. The first-order valence-corrected chi connectivity index (χ1v) is 10.2. The van der Waals surface area contributed by atoms with Crippen molar-refractivity contribution >= 4 is 22.8 Å². The standard InChI is InChI=1S/C21H29N5O2/c1-25-12-4-9-21(19(25)20(22)28)10-13-26(14-11-21)18(27)8-7-17-23-15-5-2-3-6-16(15)24-17/h2-3,5-6,19H,4,7-14H2,1H3,(H2,22,28)(H,23,24). The number of carbonyl (C=O) groups is 2. The third-order valence-electron chi connectivity index (χ3n) is 6.60. The Balaban J connectivity index is 1.35. The lowest BCUT2D eigenvalue weighted by molar-refractivity contribution is -0.139. The van der Waals surface area contributed by atoms with E-state index in [1.165, 1.54) is 0 Å². The summed E-state index contributed by atoms with van der Waals surface area (Å²) in [7, 11) is 1.99. The van der Waals surface area contributed by atoms with Crippen LogP contribution in [0.15, 0.2) is 24.3 Å². The number of fused-ring (bicyclic) bond motifs is 1. The largest absolute Gasteiger partial charge is 0.368 e. The zero-order valence-corrected chi connectivity index (χ0v) is 16.5. The molecule has 1 spiro atoms. The number of nitrogens with two attached hydrogens (primary N) is 1. The molecule has 7 heteroatoms. The molecule has 2 amide bonds. The Labute approximate surface area is 165 Å². The van der Waals surface area contributed by atoms with Gasteiger partial charge in [0.05, 0.1) is 17.1 Å². The van der Waals surface area contributed by atoms with Crippen molar-refractivity contribution in [2.75, 3.05) is 26.7 Å². The summed E-state index contributed by atoms with van der Waals surface area (Å²) in [6, 6.07) is 7.69. The number of piperidine rings is 2. The van der Waals surface area contributed by atoms with Crippen LogP contribution in [0.1, 0.15) is 37.9 Å². The van der Waals surface area contributed by atoms with E-state index in [9.17, 15) is 9.59 Å². The predicted octanol–water partition coefficient (Wildman–Crippen LogP) is 1.68. The number of amides is 2. The summed E-state index contributed by atoms with van der Waals surface area (Å²) in [4.78, 5) is 36.7. The van der Waals surface area contributed by atoms with Crippen molar-refractivity contribution in [1.29, 1.82) is 0 Å². The van der Waals surface area contributed by atoms with Crippen molar-refractivity contribution in [3.05, 3.63) is 30.1 Å². The Bertz CT molecular complexity index is 836. The summed E-state index contributed by atoms with van der Waals surface area (Å²) in [5.41, 5.74) is 7.59. The SMILES string of the molecule is CN1CCCC2(CCN(C(=O)CCc3nc4ccccc4[nH]3)CC2)C1C(N)=O. The molecule has 1 unspecified atom stereocenters. The van der Waals surface area contributed by atoms with Crippen molar-refractivity contribution in [2.45, 2.75) is 44.6 Å². The van der Waals surface area contributed by atoms with Gasteiger partial charge in [-0.05, 0) is 56.8 Å². The van der Waals surface area contributed by atoms with Crippen LogP contribution in [-0.4, -0.2) is 64.3 Å². The minimum atomic E-state index is -0.230. The average Bonchev–Trinajstić information content (AvgIpc) is 3.09. The Hall–Kier alpha value is -2.41. The summed E-state index contributed by atoms with van der Waals surface area (Å²) in [6.07, 6.45) is 4.86. The molecule has 0 bridgehead atoms. The average molecular weight is 383 g/mol. The van der Waals surface area contributed by atoms with Gasteiger partial charge in [0.25, 0.3) is 0 Å². The van der Waals surface area contributed by atoms with Crippen LogP contribution >= 0.6 is 0 Å². The fourth-order valence-electron chi connectivity index (χ4n) is 5.17. The monoisotopic (exact) mass is 383 g/mol. The number of para-hydroxylation sites is 2. The fourth-order valence-corrected chi connectivity index (χ4v) is 5.17. The van der Waals surface area contributed by atoms with E-state index in [1.54, 1.807) is 0 Å². The van der Waals surface area contributed by atoms with Gasteiger partial charge in [-0.3, -0.25) is 14.5 Å². The maximum atomic E-state index is 12.7. The maximum absolute atomic E-state index is 12.7. The lowest BCUT2D eigenvalue weighted by atomic mass is 9.66. The van der Waals surface area contributed by atoms with Gasteiger partial charge in [0.15, 0.2) is 0 Å². The number of H-pyrrole nitrogens is 1. The van der Waals surface area contributed by atoms with E-state index in [2.05, 4.69) is 14.9 Å². The summed E-state index contributed by atoms with van der Waals surface area (Å²) in [5.74, 6) is 0.785. The first-order valence-electron chi connectivity index (χ1n) is 10.2. The van der Waals surface area contributed by atoms with E-state index in [0.717, 1.165) is 49.1 Å². The van der Waals surface area contributed by atoms with Crippen LogP contribution in [0, 0.1) is 5.41 Å². The molecule has 2 aliphatic rings. The van der Waals surface area contributed by atoms with Crippen molar-refractivity contribution in [3.63, 3.8) is 0 Å². The predicted molar refractivity (Wildman–Crippen MR) is 108 cm³/mol. The number of hydrogen-bond acceptors (Lipinski definition) is 4. The second-order valence-corrected chi connectivity index (χ2v) is 8.33. The van der Waals surface area contributed by atoms with E-state index in [-0.39, 0.29) is 23.3 Å². The third-order valence-corrected chi connectivity index (χ3v) is 6.60. The number of hydrogen-bond donors (Lipinski definition) is 2. The highest BCUT2D eigenvalue weighted by Gasteiger charge is 2.48. The topological polar surface area (TPSA) is 95.3 Å². The van der Waals surface area contributed by atoms with Gasteiger partial charge in [0.2, 0.25) is 11.8 Å². The number of carbonyl (C=O) groups excluding carboxylic acids is 2. The summed E-state index contributed by atoms with van der Waals surface area (Å²) in [6.45, 7) is 2.32. The van der Waals surface area contributed by atoms with Crippen LogP contribution in [0.4, 0.5) is 0 Å². The maximum Gasteiger partial charge on any atom is 0.235 e. The molecular formula is C21H29N5O2. The Kier molecular flexibility index (Phi) is 5.10. The fraction of sp³-hybridized carbons (Fsp3) is 0.571. The van der Waals surface area contributed by atoms with Crippen molar-refractivity contribution in [3.8, 4) is 0 Å². The van der Waals surface area contributed by atoms with Crippen molar-refractivity contribution in [1.82, 2.24) is 19.8 Å². The zero-order valence-electron chi connectivity index (χ0n) is 16.5. The number of aromatic nitrogens is 2. The molecule has 1 atom stereocenters. The lowest BCUT2D eigenvalue weighted by Crippen LogP contribution is -2.60. The van der Waals surface area contributed by atoms with Crippen LogP contribution in [0.2, 0.25) is 0 Å². The quantitative estimate of drug-likeness (QED) is 0.840. The van der Waals surface area contributed by atoms with Crippen LogP contribution in [0.5, 0.6) is 0 Å². The van der Waals surface area contributed by atoms with E-state index < -0.39 is 0 Å². The van der Waals surface area contributed by atoms with E-state index in [1.807, 2.05) is 36.2 Å². The first-order chi connectivity index (χ1) is 13.5. The molecule has 7 nitrogen and oxygen atoms in total. The second-order valence-electron chi connectivity index (χ2n) is 8.33. The van der Waals surface area contributed by atoms with E-state index in [4.69, 9.17) is 5.73 Å². The van der Waals surface area contributed by atoms with Gasteiger partial charge in [-0.2, -0.15) is 0 Å². The molecule has 0 saturated carbocycles. The minimum Gasteiger partial charge on any atom is -0.368 e. The van der Waals surface area contributed by atoms with E-state index in [0.29, 0.717) is 25.9 Å². The highest BCUT2D eigenvalue weighted by atomic mass is 16.2. The van der Waals surface area contributed by atoms with Gasteiger partial charge in [-0.25, -0.2) is 4.98 Å². The number of imidazole rings is 1. The molecule has 0 aliphatic carbocycles. The number of likely N-dealkylation sites (tertiary alicyclic amines) is 2. The molecule has 2 aliphatic heterocycles.